The summed E-state index contributed by atoms with van der Waals surface area (Å²) < 4.78 is 0.536. The molecule has 1 amide bonds. The van der Waals surface area contributed by atoms with Gasteiger partial charge in [-0.25, -0.2) is 4.98 Å². The topological polar surface area (TPSA) is 97.2 Å². The number of nitrogens with one attached hydrogen (secondary N) is 2. The van der Waals surface area contributed by atoms with Crippen molar-refractivity contribution in [3.63, 3.8) is 0 Å². The van der Waals surface area contributed by atoms with Crippen molar-refractivity contribution in [2.45, 2.75) is 13.3 Å². The van der Waals surface area contributed by atoms with Crippen molar-refractivity contribution in [1.29, 1.82) is 0 Å². The maximum absolute atomic E-state index is 11.0. The normalized spacial score (nSPS) is 9.94. The number of rotatable bonds is 5. The van der Waals surface area contributed by atoms with Gasteiger partial charge in [-0.1, -0.05) is 0 Å². The monoisotopic (exact) mass is 316 g/mol. The van der Waals surface area contributed by atoms with Crippen LogP contribution >= 0.6 is 15.9 Å². The van der Waals surface area contributed by atoms with Gasteiger partial charge in [0, 0.05) is 25.6 Å². The number of aromatic nitrogens is 1. The van der Waals surface area contributed by atoms with E-state index < -0.39 is 4.92 Å². The number of carbonyl (C=O) groups excluding carboxylic acids is 1. The van der Waals surface area contributed by atoms with E-state index in [0.29, 0.717) is 28.8 Å². The third-order valence-electron chi connectivity index (χ3n) is 2.36. The highest BCUT2D eigenvalue weighted by atomic mass is 79.9. The van der Waals surface area contributed by atoms with Gasteiger partial charge in [0.25, 0.3) is 5.69 Å². The first-order chi connectivity index (χ1) is 8.47. The van der Waals surface area contributed by atoms with Crippen LogP contribution < -0.4 is 10.6 Å². The molecule has 1 heterocycles. The fourth-order valence-corrected chi connectivity index (χ4v) is 1.74. The first-order valence-corrected chi connectivity index (χ1v) is 6.00. The Morgan fingerprint density at radius 1 is 1.61 bits per heavy atom. The van der Waals surface area contributed by atoms with Crippen molar-refractivity contribution in [3.05, 3.63) is 26.3 Å². The third kappa shape index (κ3) is 3.39. The van der Waals surface area contributed by atoms with Gasteiger partial charge in [-0.3, -0.25) is 14.9 Å². The number of halogens is 1. The van der Waals surface area contributed by atoms with Crippen LogP contribution in [0.25, 0.3) is 0 Å². The highest BCUT2D eigenvalue weighted by molar-refractivity contribution is 9.10. The largest absolute Gasteiger partial charge is 0.369 e. The van der Waals surface area contributed by atoms with Crippen LogP contribution in [0, 0.1) is 17.0 Å². The molecule has 0 aliphatic heterocycles. The van der Waals surface area contributed by atoms with E-state index >= 15 is 0 Å². The molecular formula is C10H13BrN4O3. The summed E-state index contributed by atoms with van der Waals surface area (Å²) in [5, 5.41) is 16.1. The fraction of sp³-hybridized carbons (Fsp3) is 0.400. The molecule has 7 nitrogen and oxygen atoms in total. The highest BCUT2D eigenvalue weighted by Crippen LogP contribution is 2.30. The lowest BCUT2D eigenvalue weighted by atomic mass is 10.2. The molecule has 0 atom stereocenters. The van der Waals surface area contributed by atoms with Gasteiger partial charge in [0.05, 0.1) is 9.40 Å². The van der Waals surface area contributed by atoms with Crippen LogP contribution in [0.5, 0.6) is 0 Å². The molecule has 8 heteroatoms. The molecule has 0 bridgehead atoms. The van der Waals surface area contributed by atoms with Gasteiger partial charge in [-0.2, -0.15) is 0 Å². The standard InChI is InChI=1S/C10H13BrN4O3/c1-6-7(15(17)18)5-14-10(9(6)11)13-4-3-8(16)12-2/h5H,3-4H2,1-2H3,(H,12,16)(H,13,14). The van der Waals surface area contributed by atoms with Gasteiger partial charge < -0.3 is 10.6 Å². The van der Waals surface area contributed by atoms with Gasteiger partial charge in [0.1, 0.15) is 12.0 Å². The van der Waals surface area contributed by atoms with Crippen molar-refractivity contribution >= 4 is 33.3 Å². The van der Waals surface area contributed by atoms with E-state index in [-0.39, 0.29) is 11.6 Å². The lowest BCUT2D eigenvalue weighted by Crippen LogP contribution is -2.21. The van der Waals surface area contributed by atoms with Crippen LogP contribution in [0.4, 0.5) is 11.5 Å². The van der Waals surface area contributed by atoms with Gasteiger partial charge in [0.2, 0.25) is 5.91 Å². The Hall–Kier alpha value is -1.70. The number of hydrogen-bond acceptors (Lipinski definition) is 5. The lowest BCUT2D eigenvalue weighted by molar-refractivity contribution is -0.385. The maximum atomic E-state index is 11.0. The summed E-state index contributed by atoms with van der Waals surface area (Å²) >= 11 is 3.25. The molecule has 0 unspecified atom stereocenters. The first kappa shape index (κ1) is 14.4. The second kappa shape index (κ2) is 6.29. The summed E-state index contributed by atoms with van der Waals surface area (Å²) in [6.07, 6.45) is 1.50. The minimum atomic E-state index is -0.485. The average Bonchev–Trinajstić information content (AvgIpc) is 2.33. The van der Waals surface area contributed by atoms with E-state index in [1.807, 2.05) is 0 Å². The molecule has 0 radical (unpaired) electrons. The molecule has 0 aliphatic carbocycles. The van der Waals surface area contributed by atoms with Crippen LogP contribution in [0.2, 0.25) is 0 Å². The van der Waals surface area contributed by atoms with E-state index in [1.165, 1.54) is 6.20 Å². The zero-order valence-corrected chi connectivity index (χ0v) is 11.6. The van der Waals surface area contributed by atoms with Crippen LogP contribution in [0.15, 0.2) is 10.7 Å². The van der Waals surface area contributed by atoms with Crippen molar-refractivity contribution in [2.24, 2.45) is 0 Å². The smallest absolute Gasteiger partial charge is 0.291 e. The number of anilines is 1. The number of nitrogens with zero attached hydrogens (tertiary/aromatic N) is 2. The average molecular weight is 317 g/mol. The van der Waals surface area contributed by atoms with Crippen molar-refractivity contribution in [3.8, 4) is 0 Å². The predicted molar refractivity (Wildman–Crippen MR) is 70.5 cm³/mol. The maximum Gasteiger partial charge on any atom is 0.291 e. The second-order valence-corrected chi connectivity index (χ2v) is 4.33. The van der Waals surface area contributed by atoms with Gasteiger partial charge in [0.15, 0.2) is 0 Å². The zero-order chi connectivity index (χ0) is 13.7. The van der Waals surface area contributed by atoms with Gasteiger partial charge in [-0.05, 0) is 22.9 Å². The molecule has 2 N–H and O–H groups in total. The minimum Gasteiger partial charge on any atom is -0.369 e. The van der Waals surface area contributed by atoms with Crippen LogP contribution in [0.3, 0.4) is 0 Å². The Morgan fingerprint density at radius 2 is 2.28 bits per heavy atom. The lowest BCUT2D eigenvalue weighted by Gasteiger charge is -2.08. The molecule has 0 spiro atoms. The van der Waals surface area contributed by atoms with E-state index in [1.54, 1.807) is 14.0 Å². The van der Waals surface area contributed by atoms with Crippen LogP contribution in [-0.2, 0) is 4.79 Å². The molecule has 0 saturated heterocycles. The number of hydrogen-bond donors (Lipinski definition) is 2. The summed E-state index contributed by atoms with van der Waals surface area (Å²) in [4.78, 5) is 25.2. The number of pyridine rings is 1. The molecular weight excluding hydrogens is 304 g/mol. The fourth-order valence-electron chi connectivity index (χ4n) is 1.30. The molecule has 0 fully saturated rings. The summed E-state index contributed by atoms with van der Waals surface area (Å²) in [5.74, 6) is 0.402. The van der Waals surface area contributed by atoms with Crippen molar-refractivity contribution in [1.82, 2.24) is 10.3 Å². The zero-order valence-electron chi connectivity index (χ0n) is 9.99. The molecule has 0 saturated carbocycles. The quantitative estimate of drug-likeness (QED) is 0.635. The molecule has 98 valence electrons. The molecule has 18 heavy (non-hydrogen) atoms. The van der Waals surface area contributed by atoms with E-state index in [0.717, 1.165) is 0 Å². The highest BCUT2D eigenvalue weighted by Gasteiger charge is 2.16. The second-order valence-electron chi connectivity index (χ2n) is 3.54. The Labute approximate surface area is 112 Å². The molecule has 0 aromatic carbocycles. The van der Waals surface area contributed by atoms with Gasteiger partial charge >= 0.3 is 0 Å². The molecule has 1 aromatic rings. The summed E-state index contributed by atoms with van der Waals surface area (Å²) in [6, 6.07) is 0. The number of nitro groups is 1. The van der Waals surface area contributed by atoms with Gasteiger partial charge in [-0.15, -0.1) is 0 Å². The van der Waals surface area contributed by atoms with Crippen molar-refractivity contribution in [2.75, 3.05) is 18.9 Å². The third-order valence-corrected chi connectivity index (χ3v) is 3.33. The minimum absolute atomic E-state index is 0.0428. The van der Waals surface area contributed by atoms with E-state index in [4.69, 9.17) is 0 Å². The predicted octanol–water partition coefficient (Wildman–Crippen LogP) is 1.61. The first-order valence-electron chi connectivity index (χ1n) is 5.21. The Morgan fingerprint density at radius 3 is 2.83 bits per heavy atom. The van der Waals surface area contributed by atoms with E-state index in [9.17, 15) is 14.9 Å². The Balaban J connectivity index is 2.77. The number of carbonyl (C=O) groups is 1. The Bertz CT molecular complexity index is 478. The van der Waals surface area contributed by atoms with Crippen molar-refractivity contribution < 1.29 is 9.72 Å². The number of amides is 1. The summed E-state index contributed by atoms with van der Waals surface area (Å²) in [5.41, 5.74) is 0.455. The van der Waals surface area contributed by atoms with Crippen LogP contribution in [-0.4, -0.2) is 29.4 Å². The summed E-state index contributed by atoms with van der Waals surface area (Å²) in [6.45, 7) is 2.04. The molecule has 0 aliphatic rings. The summed E-state index contributed by atoms with van der Waals surface area (Å²) in [7, 11) is 1.56. The molecule has 1 rings (SSSR count). The van der Waals surface area contributed by atoms with E-state index in [2.05, 4.69) is 31.5 Å². The van der Waals surface area contributed by atoms with Crippen LogP contribution in [0.1, 0.15) is 12.0 Å². The Kier molecular flexibility index (Phi) is 5.02. The SMILES string of the molecule is CNC(=O)CCNc1ncc([N+](=O)[O-])c(C)c1Br. The molecule has 1 aromatic heterocycles.